The van der Waals surface area contributed by atoms with Crippen molar-refractivity contribution in [3.63, 3.8) is 0 Å². The van der Waals surface area contributed by atoms with Gasteiger partial charge < -0.3 is 9.64 Å². The Bertz CT molecular complexity index is 514. The minimum atomic E-state index is -0.483. The molecule has 1 saturated heterocycles. The quantitative estimate of drug-likeness (QED) is 0.861. The molecule has 2 heterocycles. The van der Waals surface area contributed by atoms with Gasteiger partial charge in [0.15, 0.2) is 0 Å². The normalized spacial score (nSPS) is 16.4. The summed E-state index contributed by atoms with van der Waals surface area (Å²) in [6.07, 6.45) is 3.18. The van der Waals surface area contributed by atoms with Gasteiger partial charge >= 0.3 is 6.09 Å². The molecule has 1 fully saturated rings. The van der Waals surface area contributed by atoms with Crippen LogP contribution in [0, 0.1) is 5.92 Å². The van der Waals surface area contributed by atoms with Crippen molar-refractivity contribution in [2.45, 2.75) is 45.6 Å². The molecule has 1 aromatic rings. The number of Topliss-reactive ketones (excluding diaryl/α,β-unsaturated/α-hetero) is 1. The summed E-state index contributed by atoms with van der Waals surface area (Å²) in [6.45, 7) is 6.72. The first-order valence-corrected chi connectivity index (χ1v) is 7.76. The summed E-state index contributed by atoms with van der Waals surface area (Å²) in [7, 11) is 0. The largest absolute Gasteiger partial charge is 0.444 e. The van der Waals surface area contributed by atoms with Crippen LogP contribution in [-0.2, 0) is 16.0 Å². The standard InChI is InChI=1S/C17H24N2O3/c1-17(2,3)22-16(21)19-10-7-13(8-11-19)15(20)12-14-6-4-5-9-18-14/h4-6,9,13H,7-8,10-12H2,1-3H3. The minimum Gasteiger partial charge on any atom is -0.444 e. The third-order valence-corrected chi connectivity index (χ3v) is 3.68. The Morgan fingerprint density at radius 1 is 1.27 bits per heavy atom. The molecule has 22 heavy (non-hydrogen) atoms. The van der Waals surface area contributed by atoms with E-state index in [-0.39, 0.29) is 17.8 Å². The van der Waals surface area contributed by atoms with Crippen molar-refractivity contribution in [2.75, 3.05) is 13.1 Å². The van der Waals surface area contributed by atoms with Crippen LogP contribution in [0.25, 0.3) is 0 Å². The molecule has 1 aliphatic rings. The highest BCUT2D eigenvalue weighted by Gasteiger charge is 2.29. The summed E-state index contributed by atoms with van der Waals surface area (Å²) >= 11 is 0. The van der Waals surface area contributed by atoms with Gasteiger partial charge in [-0.2, -0.15) is 0 Å². The fourth-order valence-corrected chi connectivity index (χ4v) is 2.54. The highest BCUT2D eigenvalue weighted by Crippen LogP contribution is 2.21. The number of ketones is 1. The van der Waals surface area contributed by atoms with Crippen LogP contribution in [0.5, 0.6) is 0 Å². The fraction of sp³-hybridized carbons (Fsp3) is 0.588. The van der Waals surface area contributed by atoms with Gasteiger partial charge in [0.2, 0.25) is 0 Å². The molecule has 0 atom stereocenters. The van der Waals surface area contributed by atoms with E-state index in [9.17, 15) is 9.59 Å². The van der Waals surface area contributed by atoms with Gasteiger partial charge in [-0.25, -0.2) is 4.79 Å². The number of likely N-dealkylation sites (tertiary alicyclic amines) is 1. The monoisotopic (exact) mass is 304 g/mol. The number of amides is 1. The lowest BCUT2D eigenvalue weighted by Crippen LogP contribution is -2.43. The zero-order valence-electron chi connectivity index (χ0n) is 13.5. The number of piperidine rings is 1. The molecule has 120 valence electrons. The Balaban J connectivity index is 1.82. The molecule has 2 rings (SSSR count). The molecule has 0 unspecified atom stereocenters. The number of pyridine rings is 1. The average molecular weight is 304 g/mol. The smallest absolute Gasteiger partial charge is 0.410 e. The second-order valence-corrected chi connectivity index (χ2v) is 6.71. The van der Waals surface area contributed by atoms with Crippen LogP contribution in [0.1, 0.15) is 39.3 Å². The zero-order valence-corrected chi connectivity index (χ0v) is 13.5. The van der Waals surface area contributed by atoms with Crippen molar-refractivity contribution in [3.05, 3.63) is 30.1 Å². The number of rotatable bonds is 3. The predicted molar refractivity (Wildman–Crippen MR) is 83.5 cm³/mol. The topological polar surface area (TPSA) is 59.5 Å². The summed E-state index contributed by atoms with van der Waals surface area (Å²) in [4.78, 5) is 30.2. The van der Waals surface area contributed by atoms with E-state index < -0.39 is 5.60 Å². The first-order valence-electron chi connectivity index (χ1n) is 7.76. The number of nitrogens with zero attached hydrogens (tertiary/aromatic N) is 2. The molecule has 1 aliphatic heterocycles. The Morgan fingerprint density at radius 3 is 2.50 bits per heavy atom. The van der Waals surface area contributed by atoms with Crippen molar-refractivity contribution >= 4 is 11.9 Å². The lowest BCUT2D eigenvalue weighted by molar-refractivity contribution is -0.123. The first kappa shape index (κ1) is 16.5. The molecule has 0 bridgehead atoms. The Morgan fingerprint density at radius 2 is 1.95 bits per heavy atom. The Kier molecular flexibility index (Phi) is 5.16. The van der Waals surface area contributed by atoms with Gasteiger partial charge in [-0.3, -0.25) is 9.78 Å². The predicted octanol–water partition coefficient (Wildman–Crippen LogP) is 2.84. The second-order valence-electron chi connectivity index (χ2n) is 6.71. The maximum atomic E-state index is 12.3. The van der Waals surface area contributed by atoms with Crippen molar-refractivity contribution in [1.29, 1.82) is 0 Å². The van der Waals surface area contributed by atoms with Gasteiger partial charge in [-0.15, -0.1) is 0 Å². The highest BCUT2D eigenvalue weighted by molar-refractivity contribution is 5.83. The first-order chi connectivity index (χ1) is 10.3. The number of carbonyl (C=O) groups excluding carboxylic acids is 2. The van der Waals surface area contributed by atoms with Crippen LogP contribution < -0.4 is 0 Å². The molecule has 1 aromatic heterocycles. The van der Waals surface area contributed by atoms with Gasteiger partial charge in [0.25, 0.3) is 0 Å². The number of aromatic nitrogens is 1. The van der Waals surface area contributed by atoms with Crippen molar-refractivity contribution in [3.8, 4) is 0 Å². The molecule has 0 aliphatic carbocycles. The van der Waals surface area contributed by atoms with E-state index in [1.807, 2.05) is 39.0 Å². The minimum absolute atomic E-state index is 0.0145. The van der Waals surface area contributed by atoms with Crippen LogP contribution in [0.4, 0.5) is 4.79 Å². The maximum absolute atomic E-state index is 12.3. The van der Waals surface area contributed by atoms with Crippen molar-refractivity contribution in [1.82, 2.24) is 9.88 Å². The Labute approximate surface area is 131 Å². The van der Waals surface area contributed by atoms with E-state index in [1.165, 1.54) is 0 Å². The summed E-state index contributed by atoms with van der Waals surface area (Å²) in [5.41, 5.74) is 0.324. The van der Waals surface area contributed by atoms with E-state index in [2.05, 4.69) is 4.98 Å². The van der Waals surface area contributed by atoms with E-state index in [0.29, 0.717) is 32.4 Å². The van der Waals surface area contributed by atoms with Gasteiger partial charge in [-0.05, 0) is 45.7 Å². The fourth-order valence-electron chi connectivity index (χ4n) is 2.54. The van der Waals surface area contributed by atoms with Gasteiger partial charge in [-0.1, -0.05) is 6.07 Å². The molecule has 0 spiro atoms. The number of hydrogen-bond acceptors (Lipinski definition) is 4. The third kappa shape index (κ3) is 4.83. The van der Waals surface area contributed by atoms with Crippen LogP contribution in [0.3, 0.4) is 0 Å². The van der Waals surface area contributed by atoms with Gasteiger partial charge in [0.1, 0.15) is 11.4 Å². The highest BCUT2D eigenvalue weighted by atomic mass is 16.6. The summed E-state index contributed by atoms with van der Waals surface area (Å²) < 4.78 is 5.36. The van der Waals surface area contributed by atoms with E-state index >= 15 is 0 Å². The second kappa shape index (κ2) is 6.90. The van der Waals surface area contributed by atoms with Crippen LogP contribution in [0.2, 0.25) is 0 Å². The maximum Gasteiger partial charge on any atom is 0.410 e. The van der Waals surface area contributed by atoms with Crippen LogP contribution >= 0.6 is 0 Å². The number of carbonyl (C=O) groups is 2. The van der Waals surface area contributed by atoms with Gasteiger partial charge in [0.05, 0.1) is 0 Å². The summed E-state index contributed by atoms with van der Waals surface area (Å²) in [6, 6.07) is 5.60. The van der Waals surface area contributed by atoms with Crippen molar-refractivity contribution in [2.24, 2.45) is 5.92 Å². The molecule has 1 amide bonds. The average Bonchev–Trinajstić information content (AvgIpc) is 2.46. The number of hydrogen-bond donors (Lipinski definition) is 0. The van der Waals surface area contributed by atoms with E-state index in [1.54, 1.807) is 11.1 Å². The number of ether oxygens (including phenoxy) is 1. The molecular formula is C17H24N2O3. The van der Waals surface area contributed by atoms with Gasteiger partial charge in [0, 0.05) is 37.3 Å². The van der Waals surface area contributed by atoms with E-state index in [4.69, 9.17) is 4.74 Å². The summed E-state index contributed by atoms with van der Waals surface area (Å²) in [5, 5.41) is 0. The van der Waals surface area contributed by atoms with E-state index in [0.717, 1.165) is 5.69 Å². The molecule has 5 heteroatoms. The van der Waals surface area contributed by atoms with Crippen LogP contribution in [-0.4, -0.2) is 40.5 Å². The lowest BCUT2D eigenvalue weighted by Gasteiger charge is -2.32. The molecule has 0 radical (unpaired) electrons. The lowest BCUT2D eigenvalue weighted by atomic mass is 9.90. The molecule has 5 nitrogen and oxygen atoms in total. The molecule has 0 saturated carbocycles. The van der Waals surface area contributed by atoms with Crippen molar-refractivity contribution < 1.29 is 14.3 Å². The molecule has 0 N–H and O–H groups in total. The third-order valence-electron chi connectivity index (χ3n) is 3.68. The zero-order chi connectivity index (χ0) is 16.2. The Hall–Kier alpha value is -1.91. The van der Waals surface area contributed by atoms with Crippen LogP contribution in [0.15, 0.2) is 24.4 Å². The summed E-state index contributed by atoms with van der Waals surface area (Å²) in [5.74, 6) is 0.225. The molecule has 0 aromatic carbocycles. The molecular weight excluding hydrogens is 280 g/mol. The SMILES string of the molecule is CC(C)(C)OC(=O)N1CCC(C(=O)Cc2ccccn2)CC1.